The fourth-order valence-corrected chi connectivity index (χ4v) is 7.97. The second kappa shape index (κ2) is 44.6. The van der Waals surface area contributed by atoms with Crippen LogP contribution in [0, 0.1) is 0 Å². The van der Waals surface area contributed by atoms with Crippen molar-refractivity contribution < 1.29 is 115 Å². The Balaban J connectivity index is 0.000000243. The highest BCUT2D eigenvalue weighted by molar-refractivity contribution is 6.48. The number of oxime groups is 1. The second-order valence-corrected chi connectivity index (χ2v) is 19.5. The van der Waals surface area contributed by atoms with Gasteiger partial charge in [-0.2, -0.15) is 0 Å². The van der Waals surface area contributed by atoms with E-state index in [0.29, 0.717) is 54.2 Å². The molecule has 100 heavy (non-hydrogen) atoms. The van der Waals surface area contributed by atoms with Gasteiger partial charge < -0.3 is 76.7 Å². The summed E-state index contributed by atoms with van der Waals surface area (Å²) >= 11 is 5.06. The number of hydrogen-bond acceptors (Lipinski definition) is 25. The summed E-state index contributed by atoms with van der Waals surface area (Å²) in [4.78, 5) is 98.7. The molecule has 1 saturated heterocycles. The Morgan fingerprint density at radius 1 is 0.560 bits per heavy atom. The van der Waals surface area contributed by atoms with Crippen molar-refractivity contribution in [3.05, 3.63) is 210 Å². The Bertz CT molecular complexity index is 4090. The molecular formula is C72H74ClN3O24. The molecule has 528 valence electrons. The highest BCUT2D eigenvalue weighted by Crippen LogP contribution is 2.29. The Kier molecular flexibility index (Phi) is 35.8. The number of methoxy groups -OCH3 is 2. The Hall–Kier alpha value is -12.1. The zero-order valence-corrected chi connectivity index (χ0v) is 56.5. The van der Waals surface area contributed by atoms with Gasteiger partial charge in [-0.25, -0.2) is 24.0 Å². The van der Waals surface area contributed by atoms with Crippen molar-refractivity contribution in [1.82, 2.24) is 0 Å². The number of benzene rings is 7. The molecule has 0 aliphatic carbocycles. The number of carboxylic acids is 2. The highest BCUT2D eigenvalue weighted by atomic mass is 35.5. The predicted molar refractivity (Wildman–Crippen MR) is 366 cm³/mol. The number of aliphatic carboxylic acids is 1. The number of ether oxygens (including phenoxy) is 11. The molecule has 28 heteroatoms. The fourth-order valence-electron chi connectivity index (χ4n) is 7.90. The van der Waals surface area contributed by atoms with Crippen LogP contribution in [-0.2, 0) is 47.7 Å². The number of rotatable bonds is 14. The van der Waals surface area contributed by atoms with Gasteiger partial charge in [0.1, 0.15) is 82.6 Å². The maximum atomic E-state index is 11.4. The number of aromatic carboxylic acids is 1. The van der Waals surface area contributed by atoms with E-state index in [1.807, 2.05) is 84.9 Å². The molecule has 0 spiro atoms. The smallest absolute Gasteiger partial charge is 0.344 e. The SMILES string of the molecule is C1CO1.CC(=O)Oc1coc2ccccc12.CCOC(=O)CCl.CCOC(=O)COc1ccccc1C(=O)OC.CN=C1COc2ccccc21.CN=C1Oc2ccccc2/C1=N\OC.COC(=O)c1ccccc1O.O=C(O)COc1ccccc1C(=O)O.O=C1COc2ccccc21. The van der Waals surface area contributed by atoms with Crippen LogP contribution in [0.1, 0.15) is 73.3 Å². The third-order valence-corrected chi connectivity index (χ3v) is 12.6. The number of fused-ring (bicyclic) bond motifs is 4. The zero-order chi connectivity index (χ0) is 73.2. The molecule has 1 aromatic heterocycles. The lowest BCUT2D eigenvalue weighted by Crippen LogP contribution is -2.16. The van der Waals surface area contributed by atoms with Crippen LogP contribution in [0.3, 0.4) is 0 Å². The van der Waals surface area contributed by atoms with Crippen LogP contribution in [0.4, 0.5) is 0 Å². The van der Waals surface area contributed by atoms with Gasteiger partial charge >= 0.3 is 41.8 Å². The van der Waals surface area contributed by atoms with E-state index in [2.05, 4.69) is 34.1 Å². The van der Waals surface area contributed by atoms with Crippen LogP contribution in [-0.4, -0.2) is 174 Å². The van der Waals surface area contributed by atoms with Crippen molar-refractivity contribution in [2.75, 3.05) is 94.2 Å². The van der Waals surface area contributed by atoms with Crippen LogP contribution in [0.2, 0.25) is 0 Å². The Morgan fingerprint density at radius 2 is 1.06 bits per heavy atom. The summed E-state index contributed by atoms with van der Waals surface area (Å²) in [6, 6.07) is 48.9. The van der Waals surface area contributed by atoms with Crippen molar-refractivity contribution in [2.24, 2.45) is 15.1 Å². The minimum atomic E-state index is -1.15. The first-order valence-electron chi connectivity index (χ1n) is 30.0. The van der Waals surface area contributed by atoms with Gasteiger partial charge in [0.25, 0.3) is 0 Å². The van der Waals surface area contributed by atoms with E-state index in [-0.39, 0.29) is 65.0 Å². The molecule has 12 rings (SSSR count). The van der Waals surface area contributed by atoms with Crippen LogP contribution >= 0.6 is 11.6 Å². The van der Waals surface area contributed by atoms with Gasteiger partial charge in [0, 0.05) is 26.6 Å². The predicted octanol–water partition coefficient (Wildman–Crippen LogP) is 10.8. The van der Waals surface area contributed by atoms with E-state index >= 15 is 0 Å². The summed E-state index contributed by atoms with van der Waals surface area (Å²) in [5, 5.41) is 30.8. The number of carbonyl (C=O) groups is 8. The lowest BCUT2D eigenvalue weighted by atomic mass is 10.1. The molecule has 8 aromatic rings. The molecule has 0 radical (unpaired) electrons. The number of esters is 5. The molecule has 27 nitrogen and oxygen atoms in total. The minimum absolute atomic E-state index is 0.0475. The van der Waals surface area contributed by atoms with Crippen molar-refractivity contribution in [3.8, 4) is 40.2 Å². The number of ketones is 1. The standard InChI is InChI=1S/C12H14O5.C10H10N2O2.C10H8O3.C9H9NO.C9H8O5.C8H8O3.C8H6O2.C4H7ClO2.C2H4O/c1-3-16-11(13)8-17-10-7-5-4-6-9(10)12(14)15-2;1-11-10-9(12-13-2)7-5-3-4-6-8(7)14-10;1-7(11)13-10-6-12-9-5-3-2-4-8(9)10;1-10-8-6-11-9-5-3-2-4-7(8)9;10-8(11)5-14-7-4-2-1-3-6(7)9(12)13;1-11-8(10)6-4-2-3-5-7(6)9;9-7-5-10-8-4-2-1-3-6(7)8;1-2-7-4(6)3-5;1-2-3-1/h4-7H,3,8H2,1-2H3;3-6H,1-2H3;2-6H,1H3;2-5H,6H2,1H3;1-4H,5H2,(H,10,11)(H,12,13);2-5,9H,1H3;1-4H,5H2;2-3H2,1H3;1-2H2/b;11-10?,12-9+;;;;;;;. The first kappa shape index (κ1) is 80.3. The lowest BCUT2D eigenvalue weighted by molar-refractivity contribution is -0.145. The normalized spacial score (nSPS) is 12.8. The van der Waals surface area contributed by atoms with E-state index in [0.717, 1.165) is 52.5 Å². The number of phenols is 1. The fraction of sp³-hybridized carbons (Fsp3) is 0.236. The Labute approximate surface area is 579 Å². The summed E-state index contributed by atoms with van der Waals surface area (Å²) < 4.78 is 58.6. The number of aliphatic imine (C=N–C) groups is 2. The zero-order valence-electron chi connectivity index (χ0n) is 55.7. The number of carbonyl (C=O) groups excluding carboxylic acids is 6. The van der Waals surface area contributed by atoms with E-state index in [4.69, 9.17) is 69.3 Å². The first-order valence-corrected chi connectivity index (χ1v) is 30.5. The topological polar surface area (TPSA) is 362 Å². The number of phenolic OH excluding ortho intramolecular Hbond substituents is 1. The monoisotopic (exact) mass is 1400 g/mol. The quantitative estimate of drug-likeness (QED) is 0.0299. The van der Waals surface area contributed by atoms with Crippen molar-refractivity contribution >= 4 is 87.5 Å². The number of epoxide rings is 1. The van der Waals surface area contributed by atoms with Gasteiger partial charge in [-0.15, -0.1) is 11.6 Å². The average molecular weight is 1400 g/mol. The molecule has 4 aliphatic rings. The van der Waals surface area contributed by atoms with Gasteiger partial charge in [0.05, 0.1) is 62.9 Å². The number of carboxylic acid groups (broad SMARTS) is 2. The number of Topliss-reactive ketones (excluding diaryl/α,β-unsaturated/α-hetero) is 1. The summed E-state index contributed by atoms with van der Waals surface area (Å²) in [7, 11) is 7.51. The number of para-hydroxylation sites is 7. The second-order valence-electron chi connectivity index (χ2n) is 19.2. The first-order chi connectivity index (χ1) is 48.3. The van der Waals surface area contributed by atoms with Gasteiger partial charge in [0.2, 0.25) is 11.7 Å². The van der Waals surface area contributed by atoms with E-state index in [1.54, 1.807) is 82.5 Å². The van der Waals surface area contributed by atoms with Gasteiger partial charge in [-0.1, -0.05) is 90.1 Å². The summed E-state index contributed by atoms with van der Waals surface area (Å²) in [5.41, 5.74) is 5.58. The average Bonchev–Trinajstić information content (AvgIpc) is 1.66. The number of nitrogens with zero attached hydrogens (tertiary/aromatic N) is 3. The summed E-state index contributed by atoms with van der Waals surface area (Å²) in [6.07, 6.45) is 1.44. The molecule has 0 amide bonds. The number of hydrogen-bond donors (Lipinski definition) is 3. The lowest BCUT2D eigenvalue weighted by Gasteiger charge is -2.09. The summed E-state index contributed by atoms with van der Waals surface area (Å²) in [6.45, 7) is 7.56. The largest absolute Gasteiger partial charge is 0.507 e. The number of furan rings is 1. The van der Waals surface area contributed by atoms with Crippen LogP contribution < -0.4 is 28.4 Å². The molecule has 5 heterocycles. The maximum Gasteiger partial charge on any atom is 0.344 e. The molecular weight excluding hydrogens is 1330 g/mol. The molecule has 4 aliphatic heterocycles. The van der Waals surface area contributed by atoms with E-state index in [1.165, 1.54) is 64.8 Å². The number of aromatic hydroxyl groups is 1. The van der Waals surface area contributed by atoms with Crippen LogP contribution in [0.5, 0.6) is 40.2 Å². The minimum Gasteiger partial charge on any atom is -0.507 e. The molecule has 7 aromatic carbocycles. The number of alkyl halides is 1. The van der Waals surface area contributed by atoms with Crippen molar-refractivity contribution in [1.29, 1.82) is 0 Å². The van der Waals surface area contributed by atoms with Gasteiger partial charge in [-0.3, -0.25) is 24.4 Å². The third-order valence-electron chi connectivity index (χ3n) is 12.4. The van der Waals surface area contributed by atoms with Gasteiger partial charge in [0.15, 0.2) is 31.3 Å². The highest BCUT2D eigenvalue weighted by Gasteiger charge is 2.27. The summed E-state index contributed by atoms with van der Waals surface area (Å²) in [5.74, 6) is -0.773. The Morgan fingerprint density at radius 3 is 1.60 bits per heavy atom. The number of halogens is 1. The van der Waals surface area contributed by atoms with Crippen molar-refractivity contribution in [3.63, 3.8) is 0 Å². The molecule has 0 atom stereocenters. The van der Waals surface area contributed by atoms with Crippen LogP contribution in [0.25, 0.3) is 11.0 Å². The van der Waals surface area contributed by atoms with Crippen molar-refractivity contribution in [2.45, 2.75) is 20.8 Å². The molecule has 0 unspecified atom stereocenters. The molecule has 3 N–H and O–H groups in total. The molecule has 1 fully saturated rings. The van der Waals surface area contributed by atoms with Crippen LogP contribution in [0.15, 0.2) is 196 Å². The van der Waals surface area contributed by atoms with E-state index in [9.17, 15) is 38.4 Å². The van der Waals surface area contributed by atoms with Gasteiger partial charge in [-0.05, 0) is 98.8 Å². The maximum absolute atomic E-state index is 11.4. The molecule has 0 saturated carbocycles. The molecule has 0 bridgehead atoms. The third kappa shape index (κ3) is 27.6. The van der Waals surface area contributed by atoms with E-state index < -0.39 is 36.5 Å².